The highest BCUT2D eigenvalue weighted by atomic mass is 16.2. The normalized spacial score (nSPS) is 10.8. The van der Waals surface area contributed by atoms with Crippen molar-refractivity contribution in [1.29, 1.82) is 0 Å². The minimum absolute atomic E-state index is 0.0835. The van der Waals surface area contributed by atoms with Gasteiger partial charge in [-0.25, -0.2) is 4.79 Å². The standard InChI is InChI=1S/C13H14N2O2/c1-8(2)11-10(9-6-4-3-5-7-9)12(16)15-13(17)14-11/h3-8H,1-2H3,(H2,14,15,16,17). The molecule has 1 aromatic carbocycles. The van der Waals surface area contributed by atoms with E-state index in [0.29, 0.717) is 11.3 Å². The number of hydrogen-bond acceptors (Lipinski definition) is 2. The maximum atomic E-state index is 11.9. The van der Waals surface area contributed by atoms with E-state index < -0.39 is 5.69 Å². The molecule has 0 saturated heterocycles. The molecule has 0 unspecified atom stereocenters. The zero-order valence-electron chi connectivity index (χ0n) is 9.78. The van der Waals surface area contributed by atoms with Gasteiger partial charge in [0.1, 0.15) is 0 Å². The summed E-state index contributed by atoms with van der Waals surface area (Å²) >= 11 is 0. The van der Waals surface area contributed by atoms with E-state index in [1.807, 2.05) is 44.2 Å². The van der Waals surface area contributed by atoms with Crippen molar-refractivity contribution in [2.45, 2.75) is 19.8 Å². The molecule has 4 nitrogen and oxygen atoms in total. The van der Waals surface area contributed by atoms with Gasteiger partial charge in [-0.15, -0.1) is 0 Å². The summed E-state index contributed by atoms with van der Waals surface area (Å²) in [5.41, 5.74) is 1.22. The molecule has 88 valence electrons. The van der Waals surface area contributed by atoms with Crippen LogP contribution in [0.25, 0.3) is 11.1 Å². The van der Waals surface area contributed by atoms with Crippen LogP contribution in [-0.2, 0) is 0 Å². The molecule has 0 spiro atoms. The summed E-state index contributed by atoms with van der Waals surface area (Å²) in [6.07, 6.45) is 0. The third-order valence-electron chi connectivity index (χ3n) is 2.61. The highest BCUT2D eigenvalue weighted by Gasteiger charge is 2.13. The van der Waals surface area contributed by atoms with Gasteiger partial charge in [-0.2, -0.15) is 0 Å². The lowest BCUT2D eigenvalue weighted by atomic mass is 9.99. The van der Waals surface area contributed by atoms with Gasteiger partial charge in [-0.05, 0) is 11.5 Å². The molecule has 0 bridgehead atoms. The van der Waals surface area contributed by atoms with Gasteiger partial charge in [0.25, 0.3) is 5.56 Å². The van der Waals surface area contributed by atoms with Gasteiger partial charge in [0.05, 0.1) is 5.56 Å². The van der Waals surface area contributed by atoms with E-state index in [0.717, 1.165) is 5.56 Å². The summed E-state index contributed by atoms with van der Waals surface area (Å²) in [5.74, 6) is 0.0835. The van der Waals surface area contributed by atoms with E-state index in [1.165, 1.54) is 0 Å². The van der Waals surface area contributed by atoms with Gasteiger partial charge in [0.15, 0.2) is 0 Å². The summed E-state index contributed by atoms with van der Waals surface area (Å²) < 4.78 is 0. The third kappa shape index (κ3) is 2.20. The quantitative estimate of drug-likeness (QED) is 0.826. The summed E-state index contributed by atoms with van der Waals surface area (Å²) in [6, 6.07) is 9.33. The second-order valence-corrected chi connectivity index (χ2v) is 4.22. The van der Waals surface area contributed by atoms with Crippen molar-refractivity contribution in [2.24, 2.45) is 0 Å². The molecule has 17 heavy (non-hydrogen) atoms. The molecule has 0 aliphatic rings. The first-order valence-electron chi connectivity index (χ1n) is 5.51. The predicted molar refractivity (Wildman–Crippen MR) is 67.2 cm³/mol. The Morgan fingerprint density at radius 1 is 1.00 bits per heavy atom. The van der Waals surface area contributed by atoms with Crippen LogP contribution < -0.4 is 11.2 Å². The molecule has 2 N–H and O–H groups in total. The van der Waals surface area contributed by atoms with Crippen LogP contribution in [0.3, 0.4) is 0 Å². The smallest absolute Gasteiger partial charge is 0.310 e. The molecule has 0 radical (unpaired) electrons. The molecule has 0 amide bonds. The zero-order valence-corrected chi connectivity index (χ0v) is 9.78. The number of aromatic amines is 2. The zero-order chi connectivity index (χ0) is 12.4. The number of hydrogen-bond donors (Lipinski definition) is 2. The van der Waals surface area contributed by atoms with Crippen molar-refractivity contribution in [3.05, 3.63) is 56.9 Å². The predicted octanol–water partition coefficient (Wildman–Crippen LogP) is 1.85. The molecule has 4 heteroatoms. The van der Waals surface area contributed by atoms with Crippen molar-refractivity contribution in [2.75, 3.05) is 0 Å². The lowest BCUT2D eigenvalue weighted by Gasteiger charge is -2.10. The molecule has 0 atom stereocenters. The molecule has 1 heterocycles. The Morgan fingerprint density at radius 2 is 1.65 bits per heavy atom. The Hall–Kier alpha value is -2.10. The van der Waals surface area contributed by atoms with Crippen LogP contribution in [0.4, 0.5) is 0 Å². The molecular weight excluding hydrogens is 216 g/mol. The fourth-order valence-corrected chi connectivity index (χ4v) is 1.83. The second-order valence-electron chi connectivity index (χ2n) is 4.22. The number of nitrogens with one attached hydrogen (secondary N) is 2. The molecule has 0 aliphatic heterocycles. The minimum Gasteiger partial charge on any atom is -0.310 e. The minimum atomic E-state index is -0.460. The number of benzene rings is 1. The van der Waals surface area contributed by atoms with Crippen molar-refractivity contribution in [1.82, 2.24) is 9.97 Å². The van der Waals surface area contributed by atoms with E-state index in [2.05, 4.69) is 9.97 Å². The van der Waals surface area contributed by atoms with Crippen LogP contribution in [0, 0.1) is 0 Å². The van der Waals surface area contributed by atoms with Gasteiger partial charge in [0.2, 0.25) is 0 Å². The topological polar surface area (TPSA) is 65.7 Å². The largest absolute Gasteiger partial charge is 0.325 e. The van der Waals surface area contributed by atoms with Crippen LogP contribution in [0.5, 0.6) is 0 Å². The molecule has 0 aliphatic carbocycles. The maximum Gasteiger partial charge on any atom is 0.325 e. The van der Waals surface area contributed by atoms with Crippen LogP contribution >= 0.6 is 0 Å². The summed E-state index contributed by atoms with van der Waals surface area (Å²) in [5, 5.41) is 0. The number of rotatable bonds is 2. The molecule has 2 rings (SSSR count). The van der Waals surface area contributed by atoms with E-state index in [1.54, 1.807) is 0 Å². The molecule has 2 aromatic rings. The maximum absolute atomic E-state index is 11.9. The first-order valence-corrected chi connectivity index (χ1v) is 5.51. The molecule has 0 saturated carbocycles. The Morgan fingerprint density at radius 3 is 2.24 bits per heavy atom. The highest BCUT2D eigenvalue weighted by Crippen LogP contribution is 2.22. The molecule has 1 aromatic heterocycles. The van der Waals surface area contributed by atoms with Crippen molar-refractivity contribution in [3.8, 4) is 11.1 Å². The van der Waals surface area contributed by atoms with Gasteiger partial charge in [-0.3, -0.25) is 9.78 Å². The van der Waals surface area contributed by atoms with Crippen molar-refractivity contribution < 1.29 is 0 Å². The van der Waals surface area contributed by atoms with E-state index >= 15 is 0 Å². The van der Waals surface area contributed by atoms with Crippen LogP contribution in [0.15, 0.2) is 39.9 Å². The van der Waals surface area contributed by atoms with Gasteiger partial charge in [-0.1, -0.05) is 44.2 Å². The first kappa shape index (κ1) is 11.4. The lowest BCUT2D eigenvalue weighted by molar-refractivity contribution is 0.799. The van der Waals surface area contributed by atoms with E-state index in [4.69, 9.17) is 0 Å². The van der Waals surface area contributed by atoms with Crippen LogP contribution in [0.2, 0.25) is 0 Å². The fourth-order valence-electron chi connectivity index (χ4n) is 1.83. The van der Waals surface area contributed by atoms with Crippen molar-refractivity contribution in [3.63, 3.8) is 0 Å². The van der Waals surface area contributed by atoms with Gasteiger partial charge >= 0.3 is 5.69 Å². The monoisotopic (exact) mass is 230 g/mol. The SMILES string of the molecule is CC(C)c1[nH]c(=O)[nH]c(=O)c1-c1ccccc1. The Bertz CT molecular complexity index is 624. The number of aromatic nitrogens is 2. The van der Waals surface area contributed by atoms with E-state index in [9.17, 15) is 9.59 Å². The molecular formula is C13H14N2O2. The second kappa shape index (κ2) is 4.41. The summed E-state index contributed by atoms with van der Waals surface area (Å²) in [7, 11) is 0. The highest BCUT2D eigenvalue weighted by molar-refractivity contribution is 5.65. The third-order valence-corrected chi connectivity index (χ3v) is 2.61. The Labute approximate surface area is 98.3 Å². The lowest BCUT2D eigenvalue weighted by Crippen LogP contribution is -2.26. The summed E-state index contributed by atoms with van der Waals surface area (Å²) in [6.45, 7) is 3.88. The van der Waals surface area contributed by atoms with E-state index in [-0.39, 0.29) is 11.5 Å². The number of H-pyrrole nitrogens is 2. The van der Waals surface area contributed by atoms with Gasteiger partial charge < -0.3 is 4.98 Å². The average molecular weight is 230 g/mol. The summed E-state index contributed by atoms with van der Waals surface area (Å²) in [4.78, 5) is 28.1. The fraction of sp³-hybridized carbons (Fsp3) is 0.231. The average Bonchev–Trinajstić information content (AvgIpc) is 2.29. The molecule has 0 fully saturated rings. The Balaban J connectivity index is 2.77. The van der Waals surface area contributed by atoms with Crippen molar-refractivity contribution >= 4 is 0 Å². The van der Waals surface area contributed by atoms with Crippen LogP contribution in [-0.4, -0.2) is 9.97 Å². The van der Waals surface area contributed by atoms with Gasteiger partial charge in [0, 0.05) is 5.69 Å². The van der Waals surface area contributed by atoms with Crippen LogP contribution in [0.1, 0.15) is 25.5 Å². The first-order chi connectivity index (χ1) is 8.09. The Kier molecular flexibility index (Phi) is 2.95.